The number of H-pyrrole nitrogens is 1. The molecule has 0 radical (unpaired) electrons. The van der Waals surface area contributed by atoms with Crippen molar-refractivity contribution in [1.82, 2.24) is 15.0 Å². The molecule has 2 rings (SSSR count). The molecule has 5 nitrogen and oxygen atoms in total. The molecular weight excluding hydrogens is 202 g/mol. The highest BCUT2D eigenvalue weighted by molar-refractivity contribution is 5.43. The number of aromatic amines is 1. The predicted octanol–water partition coefficient (Wildman–Crippen LogP) is 1.85. The molecule has 0 saturated carbocycles. The first kappa shape index (κ1) is 10.2. The molecule has 1 atom stereocenters. The molecular formula is C11H11N5. The second-order valence-corrected chi connectivity index (χ2v) is 3.38. The number of imidazole rings is 1. The van der Waals surface area contributed by atoms with Gasteiger partial charge in [-0.1, -0.05) is 0 Å². The average Bonchev–Trinajstić information content (AvgIpc) is 2.83. The first-order valence-electron chi connectivity index (χ1n) is 4.91. The summed E-state index contributed by atoms with van der Waals surface area (Å²) >= 11 is 0. The smallest absolute Gasteiger partial charge is 0.140 e. The highest BCUT2D eigenvalue weighted by Crippen LogP contribution is 2.15. The minimum absolute atomic E-state index is 0.0738. The Labute approximate surface area is 93.2 Å². The Kier molecular flexibility index (Phi) is 2.83. The summed E-state index contributed by atoms with van der Waals surface area (Å²) in [5.74, 6) is 0.865. The van der Waals surface area contributed by atoms with Crippen molar-refractivity contribution in [3.8, 4) is 6.07 Å². The highest BCUT2D eigenvalue weighted by atomic mass is 15.0. The molecule has 0 aromatic carbocycles. The van der Waals surface area contributed by atoms with Crippen molar-refractivity contribution < 1.29 is 0 Å². The fourth-order valence-corrected chi connectivity index (χ4v) is 1.38. The number of nitriles is 1. The molecule has 1 unspecified atom stereocenters. The second kappa shape index (κ2) is 4.45. The lowest BCUT2D eigenvalue weighted by Gasteiger charge is -2.12. The minimum atomic E-state index is 0.0738. The van der Waals surface area contributed by atoms with Crippen LogP contribution in [0.1, 0.15) is 24.5 Å². The van der Waals surface area contributed by atoms with Crippen LogP contribution in [0.3, 0.4) is 0 Å². The van der Waals surface area contributed by atoms with E-state index in [0.29, 0.717) is 5.69 Å². The third-order valence-corrected chi connectivity index (χ3v) is 2.19. The highest BCUT2D eigenvalue weighted by Gasteiger charge is 2.06. The number of aromatic nitrogens is 3. The molecule has 0 fully saturated rings. The molecule has 0 aliphatic heterocycles. The lowest BCUT2D eigenvalue weighted by atomic mass is 10.3. The van der Waals surface area contributed by atoms with Gasteiger partial charge < -0.3 is 10.3 Å². The summed E-state index contributed by atoms with van der Waals surface area (Å²) in [5.41, 5.74) is 1.28. The maximum atomic E-state index is 8.61. The summed E-state index contributed by atoms with van der Waals surface area (Å²) in [6.45, 7) is 2.00. The minimum Gasteiger partial charge on any atom is -0.374 e. The maximum Gasteiger partial charge on any atom is 0.140 e. The SMILES string of the molecule is CC(Nc1ccc(C#N)nc1)c1ncc[nH]1. The molecule has 5 heteroatoms. The number of rotatable bonds is 3. The van der Waals surface area contributed by atoms with E-state index < -0.39 is 0 Å². The van der Waals surface area contributed by atoms with Gasteiger partial charge in [-0.2, -0.15) is 5.26 Å². The van der Waals surface area contributed by atoms with Crippen LogP contribution in [0.2, 0.25) is 0 Å². The number of hydrogen-bond donors (Lipinski definition) is 2. The van der Waals surface area contributed by atoms with Crippen molar-refractivity contribution in [3.63, 3.8) is 0 Å². The van der Waals surface area contributed by atoms with Crippen LogP contribution in [0.15, 0.2) is 30.7 Å². The summed E-state index contributed by atoms with van der Waals surface area (Å²) in [4.78, 5) is 11.2. The van der Waals surface area contributed by atoms with E-state index in [-0.39, 0.29) is 6.04 Å². The normalized spacial score (nSPS) is 11.8. The zero-order valence-corrected chi connectivity index (χ0v) is 8.81. The molecule has 0 aliphatic carbocycles. The van der Waals surface area contributed by atoms with Crippen molar-refractivity contribution >= 4 is 5.69 Å². The number of pyridine rings is 1. The van der Waals surface area contributed by atoms with Gasteiger partial charge in [0.05, 0.1) is 17.9 Å². The third-order valence-electron chi connectivity index (χ3n) is 2.19. The lowest BCUT2D eigenvalue weighted by molar-refractivity contribution is 0.809. The summed E-state index contributed by atoms with van der Waals surface area (Å²) < 4.78 is 0. The van der Waals surface area contributed by atoms with Crippen molar-refractivity contribution in [2.75, 3.05) is 5.32 Å². The van der Waals surface area contributed by atoms with Gasteiger partial charge in [0.25, 0.3) is 0 Å². The Bertz CT molecular complexity index is 480. The quantitative estimate of drug-likeness (QED) is 0.815. The summed E-state index contributed by atoms with van der Waals surface area (Å²) in [7, 11) is 0. The molecule has 0 saturated heterocycles. The fraction of sp³-hybridized carbons (Fsp3) is 0.182. The van der Waals surface area contributed by atoms with E-state index in [4.69, 9.17) is 5.26 Å². The largest absolute Gasteiger partial charge is 0.374 e. The first-order chi connectivity index (χ1) is 7.79. The standard InChI is InChI=1S/C11H11N5/c1-8(11-13-4-5-14-11)16-10-3-2-9(6-12)15-7-10/h2-5,7-8,16H,1H3,(H,13,14). The molecule has 2 N–H and O–H groups in total. The molecule has 0 amide bonds. The van der Waals surface area contributed by atoms with Crippen molar-refractivity contribution in [2.45, 2.75) is 13.0 Å². The number of anilines is 1. The van der Waals surface area contributed by atoms with Crippen LogP contribution in [-0.4, -0.2) is 15.0 Å². The zero-order valence-electron chi connectivity index (χ0n) is 8.81. The van der Waals surface area contributed by atoms with Crippen LogP contribution in [0, 0.1) is 11.3 Å². The summed E-state index contributed by atoms with van der Waals surface area (Å²) in [5, 5.41) is 11.8. The molecule has 0 aliphatic rings. The van der Waals surface area contributed by atoms with E-state index in [1.807, 2.05) is 19.1 Å². The molecule has 2 heterocycles. The Morgan fingerprint density at radius 2 is 2.31 bits per heavy atom. The fourth-order valence-electron chi connectivity index (χ4n) is 1.38. The van der Waals surface area contributed by atoms with Gasteiger partial charge in [-0.05, 0) is 19.1 Å². The first-order valence-corrected chi connectivity index (χ1v) is 4.91. The summed E-state index contributed by atoms with van der Waals surface area (Å²) in [6, 6.07) is 5.55. The third kappa shape index (κ3) is 2.17. The molecule has 16 heavy (non-hydrogen) atoms. The topological polar surface area (TPSA) is 77.4 Å². The van der Waals surface area contributed by atoms with Gasteiger partial charge in [-0.25, -0.2) is 9.97 Å². The van der Waals surface area contributed by atoms with E-state index in [1.54, 1.807) is 24.7 Å². The van der Waals surface area contributed by atoms with Crippen molar-refractivity contribution in [3.05, 3.63) is 42.2 Å². The number of nitrogens with one attached hydrogen (secondary N) is 2. The van der Waals surface area contributed by atoms with Gasteiger partial charge in [0.15, 0.2) is 0 Å². The predicted molar refractivity (Wildman–Crippen MR) is 59.6 cm³/mol. The zero-order chi connectivity index (χ0) is 11.4. The van der Waals surface area contributed by atoms with Crippen LogP contribution in [0.5, 0.6) is 0 Å². The molecule has 2 aromatic rings. The van der Waals surface area contributed by atoms with Gasteiger partial charge in [0.1, 0.15) is 17.6 Å². The van der Waals surface area contributed by atoms with Gasteiger partial charge in [0.2, 0.25) is 0 Å². The van der Waals surface area contributed by atoms with E-state index >= 15 is 0 Å². The Morgan fingerprint density at radius 3 is 2.88 bits per heavy atom. The van der Waals surface area contributed by atoms with Crippen LogP contribution < -0.4 is 5.32 Å². The lowest BCUT2D eigenvalue weighted by Crippen LogP contribution is -2.08. The number of nitrogens with zero attached hydrogens (tertiary/aromatic N) is 3. The van der Waals surface area contributed by atoms with Crippen LogP contribution in [0.25, 0.3) is 0 Å². The Hall–Kier alpha value is -2.35. The Balaban J connectivity index is 2.07. The van der Waals surface area contributed by atoms with Gasteiger partial charge >= 0.3 is 0 Å². The molecule has 2 aromatic heterocycles. The second-order valence-electron chi connectivity index (χ2n) is 3.38. The number of hydrogen-bond acceptors (Lipinski definition) is 4. The molecule has 0 spiro atoms. The van der Waals surface area contributed by atoms with E-state index in [2.05, 4.69) is 20.3 Å². The summed E-state index contributed by atoms with van der Waals surface area (Å²) in [6.07, 6.45) is 5.13. The maximum absolute atomic E-state index is 8.61. The van der Waals surface area contributed by atoms with Gasteiger partial charge in [-0.3, -0.25) is 0 Å². The van der Waals surface area contributed by atoms with Crippen LogP contribution in [-0.2, 0) is 0 Å². The van der Waals surface area contributed by atoms with Crippen LogP contribution >= 0.6 is 0 Å². The molecule has 80 valence electrons. The van der Waals surface area contributed by atoms with Crippen molar-refractivity contribution in [1.29, 1.82) is 5.26 Å². The van der Waals surface area contributed by atoms with Crippen LogP contribution in [0.4, 0.5) is 5.69 Å². The monoisotopic (exact) mass is 213 g/mol. The van der Waals surface area contributed by atoms with Gasteiger partial charge in [-0.15, -0.1) is 0 Å². The molecule has 0 bridgehead atoms. The van der Waals surface area contributed by atoms with Crippen molar-refractivity contribution in [2.24, 2.45) is 0 Å². The Morgan fingerprint density at radius 1 is 1.44 bits per heavy atom. The van der Waals surface area contributed by atoms with Gasteiger partial charge in [0, 0.05) is 12.4 Å². The van der Waals surface area contributed by atoms with E-state index in [9.17, 15) is 0 Å². The average molecular weight is 213 g/mol. The van der Waals surface area contributed by atoms with E-state index in [0.717, 1.165) is 11.5 Å². The van der Waals surface area contributed by atoms with E-state index in [1.165, 1.54) is 0 Å².